The number of halogens is 3. The van der Waals surface area contributed by atoms with Crippen LogP contribution in [-0.4, -0.2) is 110 Å². The highest BCUT2D eigenvalue weighted by Crippen LogP contribution is 2.37. The fourth-order valence-corrected chi connectivity index (χ4v) is 13.0. The van der Waals surface area contributed by atoms with E-state index >= 15 is 0 Å². The lowest BCUT2D eigenvalue weighted by Gasteiger charge is -2.40. The smallest absolute Gasteiger partial charge is 0.175 e. The molecule has 3 aromatic carbocycles. The molecule has 0 amide bonds. The van der Waals surface area contributed by atoms with Gasteiger partial charge in [0.1, 0.15) is 6.17 Å². The van der Waals surface area contributed by atoms with Crippen LogP contribution in [0.2, 0.25) is 10.0 Å². The molecule has 3 aliphatic heterocycles. The molecule has 3 aliphatic rings. The van der Waals surface area contributed by atoms with Crippen LogP contribution in [0.15, 0.2) is 137 Å². The van der Waals surface area contributed by atoms with Gasteiger partial charge in [-0.05, 0) is 231 Å². The number of aliphatic hydroxyl groups excluding tert-OH is 1. The van der Waals surface area contributed by atoms with E-state index in [9.17, 15) is 17.9 Å². The number of aliphatic hydroxyl groups is 1. The summed E-state index contributed by atoms with van der Waals surface area (Å²) in [4.78, 5) is 12.2. The van der Waals surface area contributed by atoms with Crippen LogP contribution < -0.4 is 0 Å². The number of benzene rings is 3. The van der Waals surface area contributed by atoms with Crippen molar-refractivity contribution >= 4 is 33.0 Å². The third-order valence-electron chi connectivity index (χ3n) is 16.8. The summed E-state index contributed by atoms with van der Waals surface area (Å²) in [6.45, 7) is 33.3. The molecule has 7 nitrogen and oxygen atoms in total. The monoisotopic (exact) mass is 1140 g/mol. The third-order valence-corrected chi connectivity index (χ3v) is 18.4. The topological polar surface area (TPSA) is 77.0 Å². The van der Waals surface area contributed by atoms with Crippen LogP contribution in [0, 0.1) is 5.92 Å². The molecule has 0 radical (unpaired) electrons. The Morgan fingerprint density at radius 1 is 0.570 bits per heavy atom. The highest BCUT2D eigenvalue weighted by Gasteiger charge is 2.34. The number of alkyl halides is 1. The Morgan fingerprint density at radius 3 is 1.23 bits per heavy atom. The lowest BCUT2D eigenvalue weighted by Crippen LogP contribution is -2.43. The average Bonchev–Trinajstić information content (AvgIpc) is 3.47. The summed E-state index contributed by atoms with van der Waals surface area (Å²) >= 11 is 12.1. The zero-order chi connectivity index (χ0) is 58.1. The lowest BCUT2D eigenvalue weighted by molar-refractivity contribution is 0.115. The van der Waals surface area contributed by atoms with E-state index in [1.54, 1.807) is 12.1 Å². The van der Waals surface area contributed by atoms with Crippen LogP contribution in [0.3, 0.4) is 0 Å². The summed E-state index contributed by atoms with van der Waals surface area (Å²) in [6, 6.07) is 29.4. The second-order valence-electron chi connectivity index (χ2n) is 25.8. The molecular weight excluding hydrogens is 1040 g/mol. The van der Waals surface area contributed by atoms with Gasteiger partial charge in [0.25, 0.3) is 0 Å². The highest BCUT2D eigenvalue weighted by atomic mass is 35.5. The Bertz CT molecular complexity index is 2640. The van der Waals surface area contributed by atoms with Crippen LogP contribution in [0.4, 0.5) is 4.39 Å². The summed E-state index contributed by atoms with van der Waals surface area (Å²) in [5.41, 5.74) is 9.36. The van der Waals surface area contributed by atoms with Gasteiger partial charge in [-0.25, -0.2) is 12.8 Å². The van der Waals surface area contributed by atoms with Crippen molar-refractivity contribution in [3.63, 3.8) is 0 Å². The fraction of sp³-hybridized carbons (Fsp3) is 0.574. The molecule has 3 saturated heterocycles. The van der Waals surface area contributed by atoms with Crippen LogP contribution in [-0.2, 0) is 26.1 Å². The van der Waals surface area contributed by atoms with Gasteiger partial charge in [-0.2, -0.15) is 0 Å². The van der Waals surface area contributed by atoms with Crippen molar-refractivity contribution in [1.29, 1.82) is 0 Å². The third kappa shape index (κ3) is 21.6. The predicted molar refractivity (Wildman–Crippen MR) is 335 cm³/mol. The number of nitrogens with zero attached hydrogens (tertiary/aromatic N) is 4. The van der Waals surface area contributed by atoms with Gasteiger partial charge >= 0.3 is 0 Å². The van der Waals surface area contributed by atoms with Crippen molar-refractivity contribution in [1.82, 2.24) is 19.7 Å². The van der Waals surface area contributed by atoms with E-state index in [0.29, 0.717) is 54.3 Å². The first-order chi connectivity index (χ1) is 37.1. The minimum absolute atomic E-state index is 0.0494. The number of aromatic nitrogens is 1. The Kier molecular flexibility index (Phi) is 25.6. The highest BCUT2D eigenvalue weighted by molar-refractivity contribution is 7.90. The number of sulfone groups is 1. The summed E-state index contributed by atoms with van der Waals surface area (Å²) in [6.07, 6.45) is 21.7. The molecule has 3 unspecified atom stereocenters. The second kappa shape index (κ2) is 30.6. The van der Waals surface area contributed by atoms with Gasteiger partial charge in [0.05, 0.1) is 4.90 Å². The van der Waals surface area contributed by atoms with E-state index in [-0.39, 0.29) is 16.2 Å². The van der Waals surface area contributed by atoms with Crippen LogP contribution in [0.5, 0.6) is 0 Å². The maximum absolute atomic E-state index is 13.5. The van der Waals surface area contributed by atoms with Gasteiger partial charge in [0.15, 0.2) is 9.84 Å². The van der Waals surface area contributed by atoms with Crippen molar-refractivity contribution < 1.29 is 17.9 Å². The fourth-order valence-electron chi connectivity index (χ4n) is 12.1. The molecule has 0 bridgehead atoms. The number of rotatable bonds is 19. The standard InChI is InChI=1S/C26H36N2O2S.C22H34ClNO.C20H29ClFN/c1-20(2)18-24(28-16-12-22(13-17-28)21-10-14-27-15-11-21)19-26(3,4)23-6-8-25(9-7-23)31(5,29)30;1-17(2)15-21(24-12-9-18(10-13-24)11-14-25)16-22(3,4)19-5-7-20(23)8-6-19;1-15(2)13-19(23-11-9-18(22)10-12-23)14-20(3,4)16-5-7-17(21)8-6-16/h6-11,14-15,18,22,24H,12-13,16-17,19H2,1-5H3;5-8,15,18,21,25H,9-14,16H2,1-4H3;5-8,13,18-19H,9-12,14H2,1-4H3. The molecule has 4 aromatic rings. The van der Waals surface area contributed by atoms with E-state index in [1.165, 1.54) is 70.9 Å². The van der Waals surface area contributed by atoms with Crippen LogP contribution in [0.25, 0.3) is 0 Å². The number of hydrogen-bond acceptors (Lipinski definition) is 7. The molecule has 436 valence electrons. The van der Waals surface area contributed by atoms with E-state index in [4.69, 9.17) is 23.2 Å². The molecule has 0 spiro atoms. The number of hydrogen-bond donors (Lipinski definition) is 1. The van der Waals surface area contributed by atoms with E-state index in [1.807, 2.05) is 48.8 Å². The van der Waals surface area contributed by atoms with Crippen LogP contribution >= 0.6 is 23.2 Å². The van der Waals surface area contributed by atoms with Gasteiger partial charge in [0.2, 0.25) is 0 Å². The molecule has 11 heteroatoms. The summed E-state index contributed by atoms with van der Waals surface area (Å²) in [5.74, 6) is 1.31. The Hall–Kier alpha value is -3.67. The van der Waals surface area contributed by atoms with E-state index < -0.39 is 16.0 Å². The minimum Gasteiger partial charge on any atom is -0.396 e. The predicted octanol–water partition coefficient (Wildman–Crippen LogP) is 16.6. The summed E-state index contributed by atoms with van der Waals surface area (Å²) in [5, 5.41) is 10.7. The van der Waals surface area contributed by atoms with Crippen molar-refractivity contribution in [2.45, 2.75) is 199 Å². The number of likely N-dealkylation sites (tertiary alicyclic amines) is 3. The van der Waals surface area contributed by atoms with E-state index in [2.05, 4.69) is 157 Å². The number of piperidine rings is 3. The molecule has 3 atom stereocenters. The first-order valence-electron chi connectivity index (χ1n) is 29.3. The molecule has 1 N–H and O–H groups in total. The second-order valence-corrected chi connectivity index (χ2v) is 28.7. The zero-order valence-corrected chi connectivity index (χ0v) is 52.9. The zero-order valence-electron chi connectivity index (χ0n) is 50.5. The summed E-state index contributed by atoms with van der Waals surface area (Å²) in [7, 11) is -3.17. The lowest BCUT2D eigenvalue weighted by atomic mass is 9.78. The molecule has 0 saturated carbocycles. The summed E-state index contributed by atoms with van der Waals surface area (Å²) < 4.78 is 37.1. The van der Waals surface area contributed by atoms with Crippen molar-refractivity contribution in [3.05, 3.63) is 165 Å². The number of pyridine rings is 1. The normalized spacial score (nSPS) is 18.0. The van der Waals surface area contributed by atoms with Crippen molar-refractivity contribution in [2.24, 2.45) is 5.92 Å². The average molecular weight is 1140 g/mol. The van der Waals surface area contributed by atoms with Gasteiger partial charge in [-0.15, -0.1) is 0 Å². The molecule has 79 heavy (non-hydrogen) atoms. The number of allylic oxidation sites excluding steroid dienone is 3. The van der Waals surface area contributed by atoms with Crippen molar-refractivity contribution in [2.75, 3.05) is 52.1 Å². The largest absolute Gasteiger partial charge is 0.396 e. The maximum atomic E-state index is 13.5. The maximum Gasteiger partial charge on any atom is 0.175 e. The molecule has 1 aromatic heterocycles. The van der Waals surface area contributed by atoms with Gasteiger partial charge in [0, 0.05) is 66.5 Å². The Balaban J connectivity index is 0.000000221. The molecular formula is C68H99Cl2FN4O3S. The first-order valence-corrected chi connectivity index (χ1v) is 31.9. The van der Waals surface area contributed by atoms with Gasteiger partial charge < -0.3 is 5.11 Å². The Morgan fingerprint density at radius 2 is 0.899 bits per heavy atom. The van der Waals surface area contributed by atoms with E-state index in [0.717, 1.165) is 75.0 Å². The van der Waals surface area contributed by atoms with Crippen molar-refractivity contribution in [3.8, 4) is 0 Å². The minimum atomic E-state index is -3.17. The van der Waals surface area contributed by atoms with Crippen LogP contribution in [0.1, 0.15) is 175 Å². The SMILES string of the molecule is CC(C)=CC(CC(C)(C)c1ccc(Cl)cc1)N1CCC(CCO)CC1.CC(C)=CC(CC(C)(C)c1ccc(Cl)cc1)N1CCC(F)CC1.CC(C)=CC(CC(C)(C)c1ccc(S(C)(=O)=O)cc1)N1CCC(c2ccncc2)CC1. The van der Waals surface area contributed by atoms with Gasteiger partial charge in [-0.3, -0.25) is 19.7 Å². The molecule has 3 fully saturated rings. The molecule has 0 aliphatic carbocycles. The Labute approximate surface area is 489 Å². The quantitative estimate of drug-likeness (QED) is 0.0938. The van der Waals surface area contributed by atoms with Gasteiger partial charge in [-0.1, -0.05) is 136 Å². The first kappa shape index (κ1) is 66.1. The molecule has 4 heterocycles. The molecule has 7 rings (SSSR count).